The van der Waals surface area contributed by atoms with Gasteiger partial charge in [-0.3, -0.25) is 4.79 Å². The average Bonchev–Trinajstić information content (AvgIpc) is 2.38. The molecule has 2 rings (SSSR count). The Bertz CT molecular complexity index is 372. The molecule has 1 aromatic carbocycles. The lowest BCUT2D eigenvalue weighted by molar-refractivity contribution is 0.0287. The average molecular weight is 236 g/mol. The van der Waals surface area contributed by atoms with Crippen molar-refractivity contribution < 1.29 is 14.6 Å². The molecule has 17 heavy (non-hydrogen) atoms. The summed E-state index contributed by atoms with van der Waals surface area (Å²) >= 11 is 0. The van der Waals surface area contributed by atoms with Gasteiger partial charge in [0.25, 0.3) is 5.91 Å². The van der Waals surface area contributed by atoms with Gasteiger partial charge in [-0.2, -0.15) is 0 Å². The number of benzene rings is 1. The van der Waals surface area contributed by atoms with E-state index in [4.69, 9.17) is 9.84 Å². The first kappa shape index (κ1) is 11.9. The van der Waals surface area contributed by atoms with Crippen LogP contribution in [0.1, 0.15) is 10.4 Å². The highest BCUT2D eigenvalue weighted by Crippen LogP contribution is 2.09. The van der Waals surface area contributed by atoms with Gasteiger partial charge >= 0.3 is 0 Å². The number of hydrogen-bond acceptors (Lipinski definition) is 4. The predicted octanol–water partition coefficient (Wildman–Crippen LogP) is 0.110. The molecule has 1 aromatic rings. The van der Waals surface area contributed by atoms with Crippen LogP contribution < -0.4 is 10.6 Å². The van der Waals surface area contributed by atoms with E-state index < -0.39 is 0 Å². The maximum Gasteiger partial charge on any atom is 0.251 e. The van der Waals surface area contributed by atoms with Crippen LogP contribution in [0.3, 0.4) is 0 Å². The number of ether oxygens (including phenoxy) is 1. The number of amides is 1. The number of rotatable bonds is 3. The molecule has 0 bridgehead atoms. The lowest BCUT2D eigenvalue weighted by atomic mass is 10.2. The number of hydrogen-bond donors (Lipinski definition) is 3. The van der Waals surface area contributed by atoms with Crippen LogP contribution in [-0.2, 0) is 4.74 Å². The zero-order valence-corrected chi connectivity index (χ0v) is 9.48. The second-order valence-electron chi connectivity index (χ2n) is 3.95. The third-order valence-electron chi connectivity index (χ3n) is 2.62. The van der Waals surface area contributed by atoms with Crippen LogP contribution in [-0.4, -0.2) is 43.4 Å². The number of morpholine rings is 1. The summed E-state index contributed by atoms with van der Waals surface area (Å²) in [7, 11) is 0. The van der Waals surface area contributed by atoms with E-state index in [0.717, 1.165) is 13.1 Å². The van der Waals surface area contributed by atoms with Gasteiger partial charge in [0, 0.05) is 25.2 Å². The molecule has 3 N–H and O–H groups in total. The minimum atomic E-state index is -0.154. The van der Waals surface area contributed by atoms with Crippen LogP contribution in [0.25, 0.3) is 0 Å². The van der Waals surface area contributed by atoms with Crippen molar-refractivity contribution >= 4 is 5.91 Å². The summed E-state index contributed by atoms with van der Waals surface area (Å²) < 4.78 is 5.47. The number of carbonyl (C=O) groups is 1. The zero-order chi connectivity index (χ0) is 12.1. The highest BCUT2D eigenvalue weighted by molar-refractivity contribution is 5.94. The van der Waals surface area contributed by atoms with Crippen LogP contribution in [0, 0.1) is 0 Å². The van der Waals surface area contributed by atoms with Gasteiger partial charge in [-0.1, -0.05) is 0 Å². The fraction of sp³-hybridized carbons (Fsp3) is 0.417. The van der Waals surface area contributed by atoms with Crippen LogP contribution in [0.2, 0.25) is 0 Å². The Morgan fingerprint density at radius 3 is 2.88 bits per heavy atom. The summed E-state index contributed by atoms with van der Waals surface area (Å²) in [4.78, 5) is 11.7. The van der Waals surface area contributed by atoms with Crippen LogP contribution in [0.4, 0.5) is 0 Å². The molecule has 5 nitrogen and oxygen atoms in total. The molecule has 92 valence electrons. The van der Waals surface area contributed by atoms with Crippen molar-refractivity contribution in [3.05, 3.63) is 29.8 Å². The second kappa shape index (κ2) is 5.65. The van der Waals surface area contributed by atoms with E-state index in [1.54, 1.807) is 12.1 Å². The van der Waals surface area contributed by atoms with Gasteiger partial charge in [-0.05, 0) is 24.3 Å². The van der Waals surface area contributed by atoms with E-state index in [1.165, 1.54) is 12.1 Å². The molecule has 0 unspecified atom stereocenters. The van der Waals surface area contributed by atoms with Crippen LogP contribution in [0.15, 0.2) is 24.3 Å². The topological polar surface area (TPSA) is 70.6 Å². The number of phenolic OH excluding ortho intramolecular Hbond substituents is 1. The molecule has 0 aromatic heterocycles. The third kappa shape index (κ3) is 3.44. The maximum atomic E-state index is 11.7. The summed E-state index contributed by atoms with van der Waals surface area (Å²) in [5.74, 6) is 0.000498. The Kier molecular flexibility index (Phi) is 3.95. The number of aromatic hydroxyl groups is 1. The smallest absolute Gasteiger partial charge is 0.251 e. The molecule has 1 aliphatic rings. The molecule has 0 aliphatic carbocycles. The van der Waals surface area contributed by atoms with Crippen molar-refractivity contribution in [2.45, 2.75) is 6.10 Å². The normalized spacial score (nSPS) is 19.9. The molecular weight excluding hydrogens is 220 g/mol. The van der Waals surface area contributed by atoms with Crippen molar-refractivity contribution in [1.82, 2.24) is 10.6 Å². The quantitative estimate of drug-likeness (QED) is 0.696. The molecule has 0 radical (unpaired) electrons. The van der Waals surface area contributed by atoms with E-state index in [0.29, 0.717) is 18.7 Å². The molecule has 0 saturated carbocycles. The number of nitrogens with one attached hydrogen (secondary N) is 2. The fourth-order valence-electron chi connectivity index (χ4n) is 1.67. The fourth-order valence-corrected chi connectivity index (χ4v) is 1.67. The minimum Gasteiger partial charge on any atom is -0.508 e. The lowest BCUT2D eigenvalue weighted by Crippen LogP contribution is -2.45. The Morgan fingerprint density at radius 1 is 1.47 bits per heavy atom. The van der Waals surface area contributed by atoms with Gasteiger partial charge in [0.15, 0.2) is 0 Å². The molecule has 5 heteroatoms. The van der Waals surface area contributed by atoms with Crippen molar-refractivity contribution in [3.63, 3.8) is 0 Å². The molecule has 1 atom stereocenters. The van der Waals surface area contributed by atoms with Crippen molar-refractivity contribution in [2.75, 3.05) is 26.2 Å². The molecule has 0 spiro atoms. The standard InChI is InChI=1S/C12H16N2O3/c15-10-3-1-9(2-4-10)12(16)14-8-11-7-13-5-6-17-11/h1-4,11,13,15H,5-8H2,(H,14,16)/t11-/m0/s1. The first-order chi connectivity index (χ1) is 8.25. The second-order valence-corrected chi connectivity index (χ2v) is 3.95. The largest absolute Gasteiger partial charge is 0.508 e. The van der Waals surface area contributed by atoms with Gasteiger partial charge in [-0.15, -0.1) is 0 Å². The Balaban J connectivity index is 1.82. The predicted molar refractivity (Wildman–Crippen MR) is 63.0 cm³/mol. The lowest BCUT2D eigenvalue weighted by Gasteiger charge is -2.23. The molecule has 1 fully saturated rings. The van der Waals surface area contributed by atoms with Gasteiger partial charge in [0.1, 0.15) is 5.75 Å². The SMILES string of the molecule is O=C(NC[C@@H]1CNCCO1)c1ccc(O)cc1. The highest BCUT2D eigenvalue weighted by atomic mass is 16.5. The van der Waals surface area contributed by atoms with E-state index >= 15 is 0 Å². The summed E-state index contributed by atoms with van der Waals surface area (Å²) in [5, 5.41) is 15.1. The zero-order valence-electron chi connectivity index (χ0n) is 9.48. The van der Waals surface area contributed by atoms with Gasteiger partial charge in [0.05, 0.1) is 12.7 Å². The Labute approximate surface area is 99.8 Å². The summed E-state index contributed by atoms with van der Waals surface area (Å²) in [5.41, 5.74) is 0.534. The van der Waals surface area contributed by atoms with Crippen molar-refractivity contribution in [3.8, 4) is 5.75 Å². The van der Waals surface area contributed by atoms with Crippen molar-refractivity contribution in [2.24, 2.45) is 0 Å². The van der Waals surface area contributed by atoms with E-state index in [2.05, 4.69) is 10.6 Å². The summed E-state index contributed by atoms with van der Waals surface area (Å²) in [6, 6.07) is 6.16. The molecule has 1 saturated heterocycles. The number of carbonyl (C=O) groups excluding carboxylic acids is 1. The molecule has 1 heterocycles. The molecule has 1 aliphatic heterocycles. The monoisotopic (exact) mass is 236 g/mol. The third-order valence-corrected chi connectivity index (χ3v) is 2.62. The Hall–Kier alpha value is -1.59. The van der Waals surface area contributed by atoms with Crippen LogP contribution in [0.5, 0.6) is 5.75 Å². The highest BCUT2D eigenvalue weighted by Gasteiger charge is 2.14. The maximum absolute atomic E-state index is 11.7. The van der Waals surface area contributed by atoms with Gasteiger partial charge in [-0.25, -0.2) is 0 Å². The van der Waals surface area contributed by atoms with Gasteiger partial charge < -0.3 is 20.5 Å². The first-order valence-electron chi connectivity index (χ1n) is 5.65. The Morgan fingerprint density at radius 2 is 2.24 bits per heavy atom. The minimum absolute atomic E-state index is 0.0322. The van der Waals surface area contributed by atoms with E-state index in [-0.39, 0.29) is 17.8 Å². The molecular formula is C12H16N2O3. The van der Waals surface area contributed by atoms with E-state index in [1.807, 2.05) is 0 Å². The first-order valence-corrected chi connectivity index (χ1v) is 5.65. The van der Waals surface area contributed by atoms with Gasteiger partial charge in [0.2, 0.25) is 0 Å². The number of phenols is 1. The van der Waals surface area contributed by atoms with E-state index in [9.17, 15) is 4.79 Å². The van der Waals surface area contributed by atoms with Crippen molar-refractivity contribution in [1.29, 1.82) is 0 Å². The summed E-state index contributed by atoms with van der Waals surface area (Å²) in [6.45, 7) is 2.80. The summed E-state index contributed by atoms with van der Waals surface area (Å²) in [6.07, 6.45) is 0.0322. The van der Waals surface area contributed by atoms with Crippen LogP contribution >= 0.6 is 0 Å². The molecule has 1 amide bonds.